The first-order valence-corrected chi connectivity index (χ1v) is 6.53. The maximum Gasteiger partial charge on any atom is 0.135 e. The van der Waals surface area contributed by atoms with Crippen LogP contribution in [0.1, 0.15) is 0 Å². The molecule has 0 aliphatic heterocycles. The van der Waals surface area contributed by atoms with E-state index in [2.05, 4.69) is 34.1 Å². The lowest BCUT2D eigenvalue weighted by Crippen LogP contribution is -1.75. The first-order chi connectivity index (χ1) is 8.84. The highest BCUT2D eigenvalue weighted by molar-refractivity contribution is 9.10. The van der Waals surface area contributed by atoms with Crippen LogP contribution in [0.3, 0.4) is 0 Å². The highest BCUT2D eigenvalue weighted by atomic mass is 79.9. The molecule has 18 heavy (non-hydrogen) atoms. The number of benzene rings is 2. The number of hydrogen-bond acceptors (Lipinski definition) is 1. The van der Waals surface area contributed by atoms with E-state index >= 15 is 0 Å². The van der Waals surface area contributed by atoms with Crippen LogP contribution in [0.4, 0.5) is 0 Å². The minimum atomic E-state index is 0.876. The standard InChI is InChI=1S/C16H11BrO/c17-15-9-5-4-8-14(15)16-10-13(11-18-16)12-6-2-1-3-7-12/h1-11H. The Morgan fingerprint density at radius 1 is 0.778 bits per heavy atom. The van der Waals surface area contributed by atoms with Crippen LogP contribution in [0.25, 0.3) is 22.5 Å². The Balaban J connectivity index is 2.03. The predicted octanol–water partition coefficient (Wildman–Crippen LogP) is 5.38. The summed E-state index contributed by atoms with van der Waals surface area (Å²) in [6.45, 7) is 0. The zero-order valence-electron chi connectivity index (χ0n) is 9.64. The van der Waals surface area contributed by atoms with E-state index in [0.29, 0.717) is 0 Å². The predicted molar refractivity (Wildman–Crippen MR) is 77.3 cm³/mol. The number of halogens is 1. The first kappa shape index (κ1) is 11.3. The summed E-state index contributed by atoms with van der Waals surface area (Å²) in [4.78, 5) is 0. The van der Waals surface area contributed by atoms with E-state index in [1.807, 2.05) is 42.5 Å². The average molecular weight is 299 g/mol. The molecule has 88 valence electrons. The van der Waals surface area contributed by atoms with Crippen molar-refractivity contribution in [2.75, 3.05) is 0 Å². The molecule has 0 saturated carbocycles. The molecule has 0 unspecified atom stereocenters. The van der Waals surface area contributed by atoms with E-state index in [-0.39, 0.29) is 0 Å². The van der Waals surface area contributed by atoms with Gasteiger partial charge in [0.25, 0.3) is 0 Å². The van der Waals surface area contributed by atoms with Crippen LogP contribution >= 0.6 is 15.9 Å². The van der Waals surface area contributed by atoms with Gasteiger partial charge in [-0.05, 0) is 17.7 Å². The maximum absolute atomic E-state index is 5.66. The van der Waals surface area contributed by atoms with Crippen molar-refractivity contribution in [3.05, 3.63) is 71.4 Å². The zero-order valence-corrected chi connectivity index (χ0v) is 11.2. The third kappa shape index (κ3) is 2.12. The van der Waals surface area contributed by atoms with Crippen molar-refractivity contribution in [1.29, 1.82) is 0 Å². The van der Waals surface area contributed by atoms with Gasteiger partial charge in [0.2, 0.25) is 0 Å². The fourth-order valence-corrected chi connectivity index (χ4v) is 2.40. The molecule has 1 aromatic heterocycles. The molecule has 0 aliphatic rings. The summed E-state index contributed by atoms with van der Waals surface area (Å²) in [6.07, 6.45) is 1.80. The molecule has 0 radical (unpaired) electrons. The molecule has 2 heteroatoms. The lowest BCUT2D eigenvalue weighted by molar-refractivity contribution is 0.583. The molecule has 1 heterocycles. The summed E-state index contributed by atoms with van der Waals surface area (Å²) in [7, 11) is 0. The molecule has 0 spiro atoms. The Labute approximate surface area is 114 Å². The van der Waals surface area contributed by atoms with Crippen molar-refractivity contribution < 1.29 is 4.42 Å². The van der Waals surface area contributed by atoms with Crippen molar-refractivity contribution in [2.45, 2.75) is 0 Å². The van der Waals surface area contributed by atoms with E-state index in [4.69, 9.17) is 4.42 Å². The quantitative estimate of drug-likeness (QED) is 0.619. The van der Waals surface area contributed by atoms with Gasteiger partial charge < -0.3 is 4.42 Å². The highest BCUT2D eigenvalue weighted by Crippen LogP contribution is 2.32. The molecule has 2 aromatic carbocycles. The summed E-state index contributed by atoms with van der Waals surface area (Å²) in [5.41, 5.74) is 3.33. The van der Waals surface area contributed by atoms with Crippen molar-refractivity contribution in [3.63, 3.8) is 0 Å². The minimum absolute atomic E-state index is 0.876. The second-order valence-electron chi connectivity index (χ2n) is 4.05. The second-order valence-corrected chi connectivity index (χ2v) is 4.90. The zero-order chi connectivity index (χ0) is 12.4. The lowest BCUT2D eigenvalue weighted by atomic mass is 10.1. The Morgan fingerprint density at radius 3 is 2.28 bits per heavy atom. The Morgan fingerprint density at radius 2 is 1.50 bits per heavy atom. The van der Waals surface area contributed by atoms with Crippen LogP contribution in [0.2, 0.25) is 0 Å². The smallest absolute Gasteiger partial charge is 0.135 e. The van der Waals surface area contributed by atoms with Crippen molar-refractivity contribution in [2.24, 2.45) is 0 Å². The van der Waals surface area contributed by atoms with E-state index in [1.165, 1.54) is 5.56 Å². The first-order valence-electron chi connectivity index (χ1n) is 5.73. The van der Waals surface area contributed by atoms with Gasteiger partial charge in [0, 0.05) is 15.6 Å². The number of rotatable bonds is 2. The molecular weight excluding hydrogens is 288 g/mol. The maximum atomic E-state index is 5.66. The molecule has 3 rings (SSSR count). The molecule has 3 aromatic rings. The third-order valence-corrected chi connectivity index (χ3v) is 3.54. The Kier molecular flexibility index (Phi) is 3.03. The fraction of sp³-hybridized carbons (Fsp3) is 0. The van der Waals surface area contributed by atoms with Crippen LogP contribution in [0.15, 0.2) is 75.8 Å². The van der Waals surface area contributed by atoms with Crippen molar-refractivity contribution in [1.82, 2.24) is 0 Å². The summed E-state index contributed by atoms with van der Waals surface area (Å²) < 4.78 is 6.70. The van der Waals surface area contributed by atoms with Gasteiger partial charge in [0.1, 0.15) is 5.76 Å². The van der Waals surface area contributed by atoms with Crippen LogP contribution in [-0.2, 0) is 0 Å². The van der Waals surface area contributed by atoms with Gasteiger partial charge >= 0.3 is 0 Å². The van der Waals surface area contributed by atoms with Crippen LogP contribution < -0.4 is 0 Å². The van der Waals surface area contributed by atoms with Gasteiger partial charge in [-0.15, -0.1) is 0 Å². The van der Waals surface area contributed by atoms with Crippen LogP contribution in [-0.4, -0.2) is 0 Å². The van der Waals surface area contributed by atoms with Crippen LogP contribution in [0, 0.1) is 0 Å². The monoisotopic (exact) mass is 298 g/mol. The Bertz CT molecular complexity index is 656. The lowest BCUT2D eigenvalue weighted by Gasteiger charge is -1.98. The third-order valence-electron chi connectivity index (χ3n) is 2.85. The van der Waals surface area contributed by atoms with Gasteiger partial charge in [-0.2, -0.15) is 0 Å². The van der Waals surface area contributed by atoms with Gasteiger partial charge in [0.05, 0.1) is 6.26 Å². The topological polar surface area (TPSA) is 13.1 Å². The number of furan rings is 1. The molecule has 0 fully saturated rings. The largest absolute Gasteiger partial charge is 0.464 e. The summed E-state index contributed by atoms with van der Waals surface area (Å²) in [6, 6.07) is 20.3. The molecule has 0 bridgehead atoms. The molecular formula is C16H11BrO. The minimum Gasteiger partial charge on any atom is -0.464 e. The van der Waals surface area contributed by atoms with E-state index in [9.17, 15) is 0 Å². The molecule has 0 saturated heterocycles. The molecule has 0 aliphatic carbocycles. The SMILES string of the molecule is Brc1ccccc1-c1cc(-c2ccccc2)co1. The van der Waals surface area contributed by atoms with Gasteiger partial charge in [0.15, 0.2) is 0 Å². The summed E-state index contributed by atoms with van der Waals surface area (Å²) >= 11 is 3.54. The highest BCUT2D eigenvalue weighted by Gasteiger charge is 2.08. The van der Waals surface area contributed by atoms with E-state index in [0.717, 1.165) is 21.4 Å². The number of hydrogen-bond donors (Lipinski definition) is 0. The van der Waals surface area contributed by atoms with E-state index in [1.54, 1.807) is 6.26 Å². The van der Waals surface area contributed by atoms with Crippen molar-refractivity contribution in [3.8, 4) is 22.5 Å². The second kappa shape index (κ2) is 4.83. The van der Waals surface area contributed by atoms with E-state index < -0.39 is 0 Å². The van der Waals surface area contributed by atoms with Crippen molar-refractivity contribution >= 4 is 15.9 Å². The normalized spacial score (nSPS) is 10.5. The average Bonchev–Trinajstić information content (AvgIpc) is 2.90. The summed E-state index contributed by atoms with van der Waals surface area (Å²) in [5, 5.41) is 0. The van der Waals surface area contributed by atoms with Gasteiger partial charge in [-0.3, -0.25) is 0 Å². The van der Waals surface area contributed by atoms with Gasteiger partial charge in [-0.1, -0.05) is 64.5 Å². The van der Waals surface area contributed by atoms with Gasteiger partial charge in [-0.25, -0.2) is 0 Å². The Hall–Kier alpha value is -1.80. The molecule has 1 nitrogen and oxygen atoms in total. The molecule has 0 N–H and O–H groups in total. The fourth-order valence-electron chi connectivity index (χ4n) is 1.92. The summed E-state index contributed by atoms with van der Waals surface area (Å²) in [5.74, 6) is 0.876. The van der Waals surface area contributed by atoms with Crippen LogP contribution in [0.5, 0.6) is 0 Å². The molecule has 0 amide bonds. The molecule has 0 atom stereocenters.